The van der Waals surface area contributed by atoms with Crippen LogP contribution in [0, 0.1) is 0 Å². The Morgan fingerprint density at radius 1 is 1.11 bits per heavy atom. The molecule has 0 aliphatic heterocycles. The monoisotopic (exact) mass is 247 g/mol. The summed E-state index contributed by atoms with van der Waals surface area (Å²) in [5.74, 6) is 2.14. The third-order valence-electron chi connectivity index (χ3n) is 2.48. The minimum atomic E-state index is -0.283. The first-order valence-corrected chi connectivity index (χ1v) is 5.95. The maximum absolute atomic E-state index is 5.95. The number of nitrogens with two attached hydrogens (primary N) is 1. The van der Waals surface area contributed by atoms with Crippen LogP contribution in [0.2, 0.25) is 0 Å². The summed E-state index contributed by atoms with van der Waals surface area (Å²) in [6.07, 6.45) is 1.60. The molecule has 0 spiro atoms. The number of hydrogen-bond donors (Lipinski definition) is 1. The molecule has 0 aliphatic carbocycles. The number of hydrogen-bond acceptors (Lipinski definition) is 4. The predicted octanol–water partition coefficient (Wildman–Crippen LogP) is 2.76. The highest BCUT2D eigenvalue weighted by atomic mass is 16.5. The van der Waals surface area contributed by atoms with Gasteiger partial charge in [-0.2, -0.15) is 0 Å². The molecule has 96 valence electrons. The molecule has 4 heteroatoms. The van der Waals surface area contributed by atoms with E-state index >= 15 is 0 Å². The fraction of sp³-hybridized carbons (Fsp3) is 0.286. The van der Waals surface area contributed by atoms with Crippen LogP contribution in [0.5, 0.6) is 11.5 Å². The van der Waals surface area contributed by atoms with E-state index in [4.69, 9.17) is 19.6 Å². The van der Waals surface area contributed by atoms with Crippen molar-refractivity contribution in [1.82, 2.24) is 0 Å². The van der Waals surface area contributed by atoms with Gasteiger partial charge in [-0.05, 0) is 31.2 Å². The molecular weight excluding hydrogens is 230 g/mol. The molecule has 1 heterocycles. The standard InChI is InChI=1S/C14H17NO3/c1-2-16-13-6-3-4-7-14(13)18-10-11(15)12-8-5-9-17-12/h3-9,11H,2,10,15H2,1H3. The van der Waals surface area contributed by atoms with E-state index in [0.29, 0.717) is 24.7 Å². The zero-order chi connectivity index (χ0) is 12.8. The van der Waals surface area contributed by atoms with E-state index in [1.165, 1.54) is 0 Å². The normalized spacial score (nSPS) is 12.1. The van der Waals surface area contributed by atoms with Gasteiger partial charge in [0.2, 0.25) is 0 Å². The zero-order valence-electron chi connectivity index (χ0n) is 10.3. The van der Waals surface area contributed by atoms with Crippen molar-refractivity contribution in [1.29, 1.82) is 0 Å². The van der Waals surface area contributed by atoms with Gasteiger partial charge in [0.15, 0.2) is 11.5 Å². The minimum Gasteiger partial charge on any atom is -0.490 e. The second-order valence-corrected chi connectivity index (χ2v) is 3.81. The van der Waals surface area contributed by atoms with E-state index in [1.54, 1.807) is 6.26 Å². The molecule has 0 saturated carbocycles. The highest BCUT2D eigenvalue weighted by molar-refractivity contribution is 5.39. The van der Waals surface area contributed by atoms with Gasteiger partial charge in [-0.25, -0.2) is 0 Å². The molecule has 0 saturated heterocycles. The van der Waals surface area contributed by atoms with Crippen molar-refractivity contribution in [3.05, 3.63) is 48.4 Å². The molecular formula is C14H17NO3. The summed E-state index contributed by atoms with van der Waals surface area (Å²) in [6, 6.07) is 10.9. The second kappa shape index (κ2) is 6.12. The van der Waals surface area contributed by atoms with Crippen LogP contribution in [-0.4, -0.2) is 13.2 Å². The number of para-hydroxylation sites is 2. The molecule has 2 aromatic rings. The van der Waals surface area contributed by atoms with Crippen molar-refractivity contribution >= 4 is 0 Å². The van der Waals surface area contributed by atoms with Crippen molar-refractivity contribution < 1.29 is 13.9 Å². The number of furan rings is 1. The van der Waals surface area contributed by atoms with Crippen LogP contribution in [0.1, 0.15) is 18.7 Å². The Kier molecular flexibility index (Phi) is 4.25. The Morgan fingerprint density at radius 3 is 2.44 bits per heavy atom. The average Bonchev–Trinajstić information content (AvgIpc) is 2.92. The Labute approximate surface area is 106 Å². The summed E-state index contributed by atoms with van der Waals surface area (Å²) >= 11 is 0. The topological polar surface area (TPSA) is 57.6 Å². The summed E-state index contributed by atoms with van der Waals surface area (Å²) in [4.78, 5) is 0. The van der Waals surface area contributed by atoms with Crippen molar-refractivity contribution in [3.63, 3.8) is 0 Å². The predicted molar refractivity (Wildman–Crippen MR) is 68.7 cm³/mol. The van der Waals surface area contributed by atoms with Gasteiger partial charge in [-0.3, -0.25) is 0 Å². The van der Waals surface area contributed by atoms with Crippen LogP contribution in [0.25, 0.3) is 0 Å². The average molecular weight is 247 g/mol. The first-order chi connectivity index (χ1) is 8.81. The van der Waals surface area contributed by atoms with Gasteiger partial charge in [-0.1, -0.05) is 12.1 Å². The lowest BCUT2D eigenvalue weighted by atomic mass is 10.2. The van der Waals surface area contributed by atoms with Crippen molar-refractivity contribution in [3.8, 4) is 11.5 Å². The van der Waals surface area contributed by atoms with Crippen molar-refractivity contribution in [2.75, 3.05) is 13.2 Å². The van der Waals surface area contributed by atoms with Crippen LogP contribution >= 0.6 is 0 Å². The summed E-state index contributed by atoms with van der Waals surface area (Å²) in [5.41, 5.74) is 5.95. The van der Waals surface area contributed by atoms with Gasteiger partial charge in [0.1, 0.15) is 12.4 Å². The molecule has 0 amide bonds. The van der Waals surface area contributed by atoms with Crippen LogP contribution in [0.3, 0.4) is 0 Å². The molecule has 0 fully saturated rings. The lowest BCUT2D eigenvalue weighted by Crippen LogP contribution is -2.18. The molecule has 18 heavy (non-hydrogen) atoms. The van der Waals surface area contributed by atoms with Crippen LogP contribution in [0.15, 0.2) is 47.1 Å². The maximum Gasteiger partial charge on any atom is 0.161 e. The van der Waals surface area contributed by atoms with E-state index in [2.05, 4.69) is 0 Å². The smallest absolute Gasteiger partial charge is 0.161 e. The van der Waals surface area contributed by atoms with Crippen LogP contribution < -0.4 is 15.2 Å². The van der Waals surface area contributed by atoms with Gasteiger partial charge in [0.25, 0.3) is 0 Å². The highest BCUT2D eigenvalue weighted by Crippen LogP contribution is 2.27. The molecule has 0 radical (unpaired) electrons. The third-order valence-corrected chi connectivity index (χ3v) is 2.48. The quantitative estimate of drug-likeness (QED) is 0.852. The molecule has 1 atom stereocenters. The van der Waals surface area contributed by atoms with Gasteiger partial charge >= 0.3 is 0 Å². The summed E-state index contributed by atoms with van der Waals surface area (Å²) in [5, 5.41) is 0. The molecule has 0 aliphatic rings. The van der Waals surface area contributed by atoms with Crippen LogP contribution in [-0.2, 0) is 0 Å². The van der Waals surface area contributed by atoms with Gasteiger partial charge in [-0.15, -0.1) is 0 Å². The first-order valence-electron chi connectivity index (χ1n) is 5.95. The van der Waals surface area contributed by atoms with E-state index < -0.39 is 0 Å². The first kappa shape index (κ1) is 12.5. The van der Waals surface area contributed by atoms with Crippen LogP contribution in [0.4, 0.5) is 0 Å². The van der Waals surface area contributed by atoms with E-state index in [0.717, 1.165) is 5.75 Å². The van der Waals surface area contributed by atoms with Crippen molar-refractivity contribution in [2.24, 2.45) is 5.73 Å². The van der Waals surface area contributed by atoms with Gasteiger partial charge in [0.05, 0.1) is 18.9 Å². The fourth-order valence-electron chi connectivity index (χ4n) is 1.61. The van der Waals surface area contributed by atoms with Gasteiger partial charge in [0, 0.05) is 0 Å². The third kappa shape index (κ3) is 3.05. The lowest BCUT2D eigenvalue weighted by Gasteiger charge is -2.14. The van der Waals surface area contributed by atoms with E-state index in [1.807, 2.05) is 43.3 Å². The Hall–Kier alpha value is -1.94. The fourth-order valence-corrected chi connectivity index (χ4v) is 1.61. The molecule has 0 bridgehead atoms. The highest BCUT2D eigenvalue weighted by Gasteiger charge is 2.11. The number of ether oxygens (including phenoxy) is 2. The van der Waals surface area contributed by atoms with Gasteiger partial charge < -0.3 is 19.6 Å². The molecule has 2 N–H and O–H groups in total. The zero-order valence-corrected chi connectivity index (χ0v) is 10.3. The Balaban J connectivity index is 1.97. The van der Waals surface area contributed by atoms with Crippen molar-refractivity contribution in [2.45, 2.75) is 13.0 Å². The SMILES string of the molecule is CCOc1ccccc1OCC(N)c1ccco1. The second-order valence-electron chi connectivity index (χ2n) is 3.81. The summed E-state index contributed by atoms with van der Waals surface area (Å²) in [6.45, 7) is 2.88. The molecule has 1 unspecified atom stereocenters. The maximum atomic E-state index is 5.95. The number of benzene rings is 1. The molecule has 1 aromatic carbocycles. The molecule has 4 nitrogen and oxygen atoms in total. The number of rotatable bonds is 6. The summed E-state index contributed by atoms with van der Waals surface area (Å²) < 4.78 is 16.4. The largest absolute Gasteiger partial charge is 0.490 e. The molecule has 1 aromatic heterocycles. The Morgan fingerprint density at radius 2 is 1.83 bits per heavy atom. The minimum absolute atomic E-state index is 0.283. The van der Waals surface area contributed by atoms with E-state index in [-0.39, 0.29) is 6.04 Å². The van der Waals surface area contributed by atoms with E-state index in [9.17, 15) is 0 Å². The lowest BCUT2D eigenvalue weighted by molar-refractivity contribution is 0.250. The Bertz CT molecular complexity index is 468. The molecule has 2 rings (SSSR count). The summed E-state index contributed by atoms with van der Waals surface area (Å²) in [7, 11) is 0.